The summed E-state index contributed by atoms with van der Waals surface area (Å²) in [5.74, 6) is -0.971. The Balaban J connectivity index is 1.69. The third kappa shape index (κ3) is 4.96. The highest BCUT2D eigenvalue weighted by Crippen LogP contribution is 2.25. The molecule has 10 nitrogen and oxygen atoms in total. The molecular formula is C20H20N4O6. The number of benzene rings is 2. The van der Waals surface area contributed by atoms with Gasteiger partial charge in [0.05, 0.1) is 15.9 Å². The highest BCUT2D eigenvalue weighted by molar-refractivity contribution is 6.07. The SMILES string of the molecule is O=C(NC1CCCCC1)c1ccc(NC(=O)c2ccc([N+](=O)[O-])cc2[N+](=O)[O-])cc1. The molecule has 0 aromatic heterocycles. The number of nitro groups is 2. The van der Waals surface area contributed by atoms with Gasteiger partial charge in [-0.3, -0.25) is 29.8 Å². The van der Waals surface area contributed by atoms with E-state index in [9.17, 15) is 29.8 Å². The summed E-state index contributed by atoms with van der Waals surface area (Å²) >= 11 is 0. The number of carbonyl (C=O) groups is 2. The molecule has 1 fully saturated rings. The smallest absolute Gasteiger partial charge is 0.289 e. The Bertz CT molecular complexity index is 983. The molecule has 156 valence electrons. The molecule has 2 N–H and O–H groups in total. The van der Waals surface area contributed by atoms with Crippen LogP contribution in [0.5, 0.6) is 0 Å². The van der Waals surface area contributed by atoms with Gasteiger partial charge >= 0.3 is 0 Å². The Morgan fingerprint density at radius 1 is 0.867 bits per heavy atom. The number of carbonyl (C=O) groups excluding carboxylic acids is 2. The van der Waals surface area contributed by atoms with Crippen LogP contribution < -0.4 is 10.6 Å². The molecule has 2 amide bonds. The van der Waals surface area contributed by atoms with E-state index in [1.54, 1.807) is 12.1 Å². The molecule has 1 aliphatic carbocycles. The van der Waals surface area contributed by atoms with Gasteiger partial charge in [-0.15, -0.1) is 0 Å². The summed E-state index contributed by atoms with van der Waals surface area (Å²) in [5, 5.41) is 27.5. The molecule has 3 rings (SSSR count). The van der Waals surface area contributed by atoms with Gasteiger partial charge in [-0.2, -0.15) is 0 Å². The molecule has 1 aliphatic rings. The van der Waals surface area contributed by atoms with Gasteiger partial charge in [0.15, 0.2) is 0 Å². The molecule has 0 unspecified atom stereocenters. The predicted octanol–water partition coefficient (Wildman–Crippen LogP) is 3.82. The van der Waals surface area contributed by atoms with Crippen LogP contribution in [0.4, 0.5) is 17.1 Å². The minimum atomic E-state index is -0.847. The van der Waals surface area contributed by atoms with Gasteiger partial charge < -0.3 is 10.6 Å². The van der Waals surface area contributed by atoms with Crippen LogP contribution in [0.2, 0.25) is 0 Å². The fourth-order valence-electron chi connectivity index (χ4n) is 3.40. The zero-order valence-corrected chi connectivity index (χ0v) is 16.0. The van der Waals surface area contributed by atoms with Crippen molar-refractivity contribution in [3.63, 3.8) is 0 Å². The summed E-state index contributed by atoms with van der Waals surface area (Å²) in [5.41, 5.74) is -0.664. The van der Waals surface area contributed by atoms with Crippen LogP contribution in [0.1, 0.15) is 52.8 Å². The summed E-state index contributed by atoms with van der Waals surface area (Å²) in [6, 6.07) is 9.13. The van der Waals surface area contributed by atoms with Gasteiger partial charge in [-0.1, -0.05) is 19.3 Å². The minimum absolute atomic E-state index is 0.174. The van der Waals surface area contributed by atoms with E-state index in [0.29, 0.717) is 11.3 Å². The second kappa shape index (κ2) is 9.12. The van der Waals surface area contributed by atoms with Crippen LogP contribution in [-0.2, 0) is 0 Å². The quantitative estimate of drug-likeness (QED) is 0.545. The molecule has 2 aromatic carbocycles. The zero-order chi connectivity index (χ0) is 21.7. The number of amides is 2. The maximum Gasteiger partial charge on any atom is 0.289 e. The van der Waals surface area contributed by atoms with E-state index in [0.717, 1.165) is 43.9 Å². The Kier molecular flexibility index (Phi) is 6.35. The van der Waals surface area contributed by atoms with Gasteiger partial charge in [-0.05, 0) is 43.2 Å². The van der Waals surface area contributed by atoms with Crippen molar-refractivity contribution in [1.82, 2.24) is 5.32 Å². The Labute approximate surface area is 171 Å². The standard InChI is InChI=1S/C20H20N4O6/c25-19(21-14-4-2-1-3-5-14)13-6-8-15(9-7-13)22-20(26)17-11-10-16(23(27)28)12-18(17)24(29)30/h6-12,14H,1-5H2,(H,21,25)(H,22,26). The number of hydrogen-bond acceptors (Lipinski definition) is 6. The molecule has 0 spiro atoms. The first-order valence-electron chi connectivity index (χ1n) is 9.50. The Hall–Kier alpha value is -3.82. The first kappa shape index (κ1) is 20.9. The number of anilines is 1. The summed E-state index contributed by atoms with van der Waals surface area (Å²) in [4.78, 5) is 45.2. The first-order valence-corrected chi connectivity index (χ1v) is 9.50. The molecule has 0 aliphatic heterocycles. The van der Waals surface area contributed by atoms with Crippen LogP contribution in [0.15, 0.2) is 42.5 Å². The van der Waals surface area contributed by atoms with Crippen LogP contribution in [0, 0.1) is 20.2 Å². The molecule has 0 atom stereocenters. The Morgan fingerprint density at radius 3 is 2.13 bits per heavy atom. The van der Waals surface area contributed by atoms with E-state index in [1.807, 2.05) is 0 Å². The molecule has 0 heterocycles. The highest BCUT2D eigenvalue weighted by Gasteiger charge is 2.24. The van der Waals surface area contributed by atoms with Gasteiger partial charge in [-0.25, -0.2) is 0 Å². The van der Waals surface area contributed by atoms with Gasteiger partial charge in [0.1, 0.15) is 5.56 Å². The molecule has 0 saturated heterocycles. The number of nitrogens with zero attached hydrogens (tertiary/aromatic N) is 2. The van der Waals surface area contributed by atoms with Crippen molar-refractivity contribution in [3.8, 4) is 0 Å². The zero-order valence-electron chi connectivity index (χ0n) is 16.0. The van der Waals surface area contributed by atoms with Gasteiger partial charge in [0, 0.05) is 23.4 Å². The lowest BCUT2D eigenvalue weighted by Crippen LogP contribution is -2.36. The van der Waals surface area contributed by atoms with Crippen LogP contribution in [-0.4, -0.2) is 27.7 Å². The number of rotatable bonds is 6. The van der Waals surface area contributed by atoms with E-state index >= 15 is 0 Å². The topological polar surface area (TPSA) is 144 Å². The lowest BCUT2D eigenvalue weighted by atomic mass is 9.95. The highest BCUT2D eigenvalue weighted by atomic mass is 16.6. The average molecular weight is 412 g/mol. The lowest BCUT2D eigenvalue weighted by molar-refractivity contribution is -0.394. The van der Waals surface area contributed by atoms with E-state index < -0.39 is 27.1 Å². The summed E-state index contributed by atoms with van der Waals surface area (Å²) in [6.45, 7) is 0. The average Bonchev–Trinajstić information content (AvgIpc) is 2.74. The van der Waals surface area contributed by atoms with Crippen molar-refractivity contribution >= 4 is 28.9 Å². The summed E-state index contributed by atoms with van der Waals surface area (Å²) < 4.78 is 0. The molecule has 1 saturated carbocycles. The van der Waals surface area contributed by atoms with E-state index in [1.165, 1.54) is 18.6 Å². The fourth-order valence-corrected chi connectivity index (χ4v) is 3.40. The molecule has 2 aromatic rings. The number of nitro benzene ring substituents is 2. The Morgan fingerprint density at radius 2 is 1.53 bits per heavy atom. The largest absolute Gasteiger partial charge is 0.349 e. The van der Waals surface area contributed by atoms with Crippen LogP contribution in [0.25, 0.3) is 0 Å². The third-order valence-corrected chi connectivity index (χ3v) is 4.98. The normalized spacial score (nSPS) is 14.0. The van der Waals surface area contributed by atoms with E-state index in [2.05, 4.69) is 10.6 Å². The number of hydrogen-bond donors (Lipinski definition) is 2. The predicted molar refractivity (Wildman–Crippen MR) is 108 cm³/mol. The van der Waals surface area contributed by atoms with Crippen molar-refractivity contribution in [3.05, 3.63) is 73.8 Å². The molecular weight excluding hydrogens is 392 g/mol. The van der Waals surface area contributed by atoms with Crippen LogP contribution >= 0.6 is 0 Å². The maximum absolute atomic E-state index is 12.4. The number of nitrogens with one attached hydrogen (secondary N) is 2. The van der Waals surface area contributed by atoms with E-state index in [-0.39, 0.29) is 17.5 Å². The first-order chi connectivity index (χ1) is 14.3. The van der Waals surface area contributed by atoms with Crippen molar-refractivity contribution < 1.29 is 19.4 Å². The lowest BCUT2D eigenvalue weighted by Gasteiger charge is -2.22. The monoisotopic (exact) mass is 412 g/mol. The number of non-ortho nitro benzene ring substituents is 1. The second-order valence-electron chi connectivity index (χ2n) is 7.06. The second-order valence-corrected chi connectivity index (χ2v) is 7.06. The van der Waals surface area contributed by atoms with E-state index in [4.69, 9.17) is 0 Å². The van der Waals surface area contributed by atoms with Crippen LogP contribution in [0.3, 0.4) is 0 Å². The fraction of sp³-hybridized carbons (Fsp3) is 0.300. The van der Waals surface area contributed by atoms with Gasteiger partial charge in [0.25, 0.3) is 23.2 Å². The van der Waals surface area contributed by atoms with Crippen molar-refractivity contribution in [2.45, 2.75) is 38.1 Å². The minimum Gasteiger partial charge on any atom is -0.349 e. The summed E-state index contributed by atoms with van der Waals surface area (Å²) in [7, 11) is 0. The molecule has 0 bridgehead atoms. The molecule has 10 heteroatoms. The van der Waals surface area contributed by atoms with Crippen molar-refractivity contribution in [2.24, 2.45) is 0 Å². The van der Waals surface area contributed by atoms with Crippen molar-refractivity contribution in [2.75, 3.05) is 5.32 Å². The molecule has 0 radical (unpaired) electrons. The van der Waals surface area contributed by atoms with Gasteiger partial charge in [0.2, 0.25) is 0 Å². The van der Waals surface area contributed by atoms with Crippen molar-refractivity contribution in [1.29, 1.82) is 0 Å². The maximum atomic E-state index is 12.4. The molecule has 30 heavy (non-hydrogen) atoms. The third-order valence-electron chi connectivity index (χ3n) is 4.98. The summed E-state index contributed by atoms with van der Waals surface area (Å²) in [6.07, 6.45) is 5.32.